The van der Waals surface area contributed by atoms with Crippen LogP contribution in [0.5, 0.6) is 5.75 Å². The molecular weight excluding hydrogens is 340 g/mol. The van der Waals surface area contributed by atoms with Crippen LogP contribution in [-0.2, 0) is 10.1 Å². The van der Waals surface area contributed by atoms with E-state index in [9.17, 15) is 8.42 Å². The lowest BCUT2D eigenvalue weighted by Gasteiger charge is -2.06. The van der Waals surface area contributed by atoms with E-state index in [2.05, 4.69) is 15.9 Å². The van der Waals surface area contributed by atoms with Crippen LogP contribution in [0.4, 0.5) is 0 Å². The zero-order valence-corrected chi connectivity index (χ0v) is 13.2. The molecule has 104 valence electrons. The van der Waals surface area contributed by atoms with Crippen molar-refractivity contribution in [3.05, 3.63) is 69.5 Å². The number of benzene rings is 2. The largest absolute Gasteiger partial charge is 0.378 e. The summed E-state index contributed by atoms with van der Waals surface area (Å²) in [4.78, 5) is 0. The SMILES string of the molecule is Cc1ccc(OS(=O)(=O)/C=C/c2ccccc2)c(Br)c1. The molecule has 0 atom stereocenters. The van der Waals surface area contributed by atoms with Gasteiger partial charge in [-0.1, -0.05) is 36.4 Å². The second-order valence-corrected chi connectivity index (χ2v) is 6.50. The zero-order valence-electron chi connectivity index (χ0n) is 10.8. The molecule has 20 heavy (non-hydrogen) atoms. The molecule has 0 aromatic heterocycles. The summed E-state index contributed by atoms with van der Waals surface area (Å²) >= 11 is 3.28. The Labute approximate surface area is 127 Å². The fourth-order valence-corrected chi connectivity index (χ4v) is 3.01. The average Bonchev–Trinajstić information content (AvgIpc) is 2.41. The van der Waals surface area contributed by atoms with E-state index in [-0.39, 0.29) is 5.75 Å². The van der Waals surface area contributed by atoms with Gasteiger partial charge in [-0.3, -0.25) is 0 Å². The van der Waals surface area contributed by atoms with Gasteiger partial charge in [-0.2, -0.15) is 8.42 Å². The van der Waals surface area contributed by atoms with Crippen molar-refractivity contribution in [1.29, 1.82) is 0 Å². The second kappa shape index (κ2) is 6.24. The highest BCUT2D eigenvalue weighted by Gasteiger charge is 2.11. The molecule has 0 aliphatic carbocycles. The van der Waals surface area contributed by atoms with Gasteiger partial charge in [0.05, 0.1) is 9.88 Å². The predicted octanol–water partition coefficient (Wildman–Crippen LogP) is 4.14. The summed E-state index contributed by atoms with van der Waals surface area (Å²) in [6.07, 6.45) is 1.50. The molecule has 0 radical (unpaired) electrons. The first-order valence-corrected chi connectivity index (χ1v) is 8.16. The minimum absolute atomic E-state index is 0.272. The first kappa shape index (κ1) is 14.8. The van der Waals surface area contributed by atoms with Crippen LogP contribution in [0.1, 0.15) is 11.1 Å². The van der Waals surface area contributed by atoms with Gasteiger partial charge in [-0.25, -0.2) is 0 Å². The second-order valence-electron chi connectivity index (χ2n) is 4.22. The van der Waals surface area contributed by atoms with Crippen LogP contribution in [0, 0.1) is 6.92 Å². The summed E-state index contributed by atoms with van der Waals surface area (Å²) in [6.45, 7) is 1.92. The van der Waals surface area contributed by atoms with Crippen molar-refractivity contribution in [2.24, 2.45) is 0 Å². The third kappa shape index (κ3) is 4.21. The molecule has 2 aromatic carbocycles. The highest BCUT2D eigenvalue weighted by Crippen LogP contribution is 2.27. The van der Waals surface area contributed by atoms with E-state index in [4.69, 9.17) is 4.18 Å². The van der Waals surface area contributed by atoms with Gasteiger partial charge in [0.15, 0.2) is 5.75 Å². The summed E-state index contributed by atoms with van der Waals surface area (Å²) in [5.74, 6) is 0.272. The number of hydrogen-bond donors (Lipinski definition) is 0. The van der Waals surface area contributed by atoms with E-state index >= 15 is 0 Å². The lowest BCUT2D eigenvalue weighted by Crippen LogP contribution is -2.05. The maximum absolute atomic E-state index is 11.9. The van der Waals surface area contributed by atoms with Gasteiger partial charge in [0.2, 0.25) is 0 Å². The van der Waals surface area contributed by atoms with Gasteiger partial charge >= 0.3 is 10.1 Å². The quantitative estimate of drug-likeness (QED) is 0.776. The van der Waals surface area contributed by atoms with Crippen molar-refractivity contribution >= 4 is 32.1 Å². The third-order valence-corrected chi connectivity index (χ3v) is 4.02. The Bertz CT molecular complexity index is 722. The lowest BCUT2D eigenvalue weighted by molar-refractivity contribution is 0.495. The molecule has 3 nitrogen and oxygen atoms in total. The molecule has 0 saturated heterocycles. The lowest BCUT2D eigenvalue weighted by atomic mass is 10.2. The van der Waals surface area contributed by atoms with Crippen molar-refractivity contribution in [3.8, 4) is 5.75 Å². The Morgan fingerprint density at radius 2 is 1.80 bits per heavy atom. The van der Waals surface area contributed by atoms with Gasteiger partial charge in [0.1, 0.15) is 0 Å². The topological polar surface area (TPSA) is 43.4 Å². The molecule has 0 aliphatic rings. The van der Waals surface area contributed by atoms with E-state index in [0.29, 0.717) is 4.47 Å². The monoisotopic (exact) mass is 352 g/mol. The average molecular weight is 353 g/mol. The Hall–Kier alpha value is -1.59. The van der Waals surface area contributed by atoms with Crippen LogP contribution < -0.4 is 4.18 Å². The molecule has 0 N–H and O–H groups in total. The highest BCUT2D eigenvalue weighted by atomic mass is 79.9. The van der Waals surface area contributed by atoms with E-state index in [1.165, 1.54) is 6.08 Å². The van der Waals surface area contributed by atoms with Crippen LogP contribution >= 0.6 is 15.9 Å². The predicted molar refractivity (Wildman–Crippen MR) is 83.9 cm³/mol. The summed E-state index contributed by atoms with van der Waals surface area (Å²) in [7, 11) is -3.78. The van der Waals surface area contributed by atoms with Crippen LogP contribution in [-0.4, -0.2) is 8.42 Å². The third-order valence-electron chi connectivity index (χ3n) is 2.52. The fraction of sp³-hybridized carbons (Fsp3) is 0.0667. The molecule has 0 fully saturated rings. The Morgan fingerprint density at radius 1 is 1.10 bits per heavy atom. The minimum atomic E-state index is -3.78. The van der Waals surface area contributed by atoms with Crippen LogP contribution in [0.15, 0.2) is 58.4 Å². The van der Waals surface area contributed by atoms with Gasteiger partial charge in [0, 0.05) is 0 Å². The molecule has 0 unspecified atom stereocenters. The first-order chi connectivity index (χ1) is 9.46. The summed E-state index contributed by atoms with van der Waals surface area (Å²) in [5.41, 5.74) is 1.81. The zero-order chi connectivity index (χ0) is 14.6. The van der Waals surface area contributed by atoms with Crippen molar-refractivity contribution in [2.75, 3.05) is 0 Å². The van der Waals surface area contributed by atoms with E-state index in [1.54, 1.807) is 18.2 Å². The molecule has 0 heterocycles. The van der Waals surface area contributed by atoms with E-state index in [0.717, 1.165) is 16.5 Å². The molecular formula is C15H13BrO3S. The first-order valence-electron chi connectivity index (χ1n) is 5.90. The Kier molecular flexibility index (Phi) is 4.62. The number of rotatable bonds is 4. The van der Waals surface area contributed by atoms with Crippen molar-refractivity contribution in [1.82, 2.24) is 0 Å². The molecule has 0 bridgehead atoms. The highest BCUT2D eigenvalue weighted by molar-refractivity contribution is 9.10. The van der Waals surface area contributed by atoms with Crippen molar-refractivity contribution < 1.29 is 12.6 Å². The summed E-state index contributed by atoms with van der Waals surface area (Å²) in [5, 5.41) is 1.05. The molecule has 2 rings (SSSR count). The van der Waals surface area contributed by atoms with Crippen LogP contribution in [0.2, 0.25) is 0 Å². The molecule has 0 amide bonds. The normalized spacial score (nSPS) is 11.7. The van der Waals surface area contributed by atoms with Gasteiger partial charge in [0.25, 0.3) is 0 Å². The Morgan fingerprint density at radius 3 is 2.45 bits per heavy atom. The fourth-order valence-electron chi connectivity index (χ4n) is 1.55. The standard InChI is InChI=1S/C15H13BrO3S/c1-12-7-8-15(14(16)11-12)19-20(17,18)10-9-13-5-3-2-4-6-13/h2-11H,1H3/b10-9+. The van der Waals surface area contributed by atoms with Crippen LogP contribution in [0.25, 0.3) is 6.08 Å². The van der Waals surface area contributed by atoms with E-state index < -0.39 is 10.1 Å². The van der Waals surface area contributed by atoms with Crippen molar-refractivity contribution in [3.63, 3.8) is 0 Å². The van der Waals surface area contributed by atoms with Crippen LogP contribution in [0.3, 0.4) is 0 Å². The van der Waals surface area contributed by atoms with Gasteiger partial charge < -0.3 is 4.18 Å². The van der Waals surface area contributed by atoms with Crippen molar-refractivity contribution in [2.45, 2.75) is 6.92 Å². The smallest absolute Gasteiger partial charge is 0.332 e. The number of hydrogen-bond acceptors (Lipinski definition) is 3. The molecule has 0 aliphatic heterocycles. The number of halogens is 1. The van der Waals surface area contributed by atoms with E-state index in [1.807, 2.05) is 37.3 Å². The molecule has 2 aromatic rings. The summed E-state index contributed by atoms with van der Waals surface area (Å²) in [6, 6.07) is 14.4. The maximum atomic E-state index is 11.9. The van der Waals surface area contributed by atoms with Gasteiger partial charge in [-0.05, 0) is 52.2 Å². The summed E-state index contributed by atoms with van der Waals surface area (Å²) < 4.78 is 29.4. The minimum Gasteiger partial charge on any atom is -0.378 e. The molecule has 0 saturated carbocycles. The molecule has 5 heteroatoms. The Balaban J connectivity index is 2.17. The number of aryl methyl sites for hydroxylation is 1. The maximum Gasteiger partial charge on any atom is 0.332 e. The molecule has 0 spiro atoms. The van der Waals surface area contributed by atoms with Gasteiger partial charge in [-0.15, -0.1) is 0 Å².